The summed E-state index contributed by atoms with van der Waals surface area (Å²) in [6, 6.07) is 0.369. The molecule has 4 heteroatoms. The smallest absolute Gasteiger partial charge is 0.159 e. The van der Waals surface area contributed by atoms with Crippen LogP contribution >= 0.6 is 27.3 Å². The highest BCUT2D eigenvalue weighted by molar-refractivity contribution is 9.11. The number of nitrogens with zero attached hydrogens (tertiary/aromatic N) is 1. The Morgan fingerprint density at radius 1 is 1.80 bits per heavy atom. The summed E-state index contributed by atoms with van der Waals surface area (Å²) in [6.45, 7) is 0. The Labute approximate surface area is 71.6 Å². The van der Waals surface area contributed by atoms with Crippen LogP contribution < -0.4 is 5.73 Å². The molecule has 0 spiro atoms. The van der Waals surface area contributed by atoms with Crippen LogP contribution in [-0.4, -0.2) is 11.0 Å². The van der Waals surface area contributed by atoms with Crippen LogP contribution in [0.15, 0.2) is 9.30 Å². The van der Waals surface area contributed by atoms with Gasteiger partial charge < -0.3 is 5.73 Å². The molecule has 1 aliphatic rings. The van der Waals surface area contributed by atoms with Gasteiger partial charge in [0.15, 0.2) is 3.92 Å². The van der Waals surface area contributed by atoms with Crippen LogP contribution in [0, 0.1) is 0 Å². The van der Waals surface area contributed by atoms with E-state index in [1.165, 1.54) is 0 Å². The van der Waals surface area contributed by atoms with E-state index in [0.717, 1.165) is 16.0 Å². The highest BCUT2D eigenvalue weighted by Crippen LogP contribution is 2.39. The highest BCUT2D eigenvalue weighted by atomic mass is 79.9. The van der Waals surface area contributed by atoms with Crippen LogP contribution in [0.25, 0.3) is 0 Å². The molecule has 2 unspecified atom stereocenters. The summed E-state index contributed by atoms with van der Waals surface area (Å²) < 4.78 is 0.960. The van der Waals surface area contributed by atoms with Crippen LogP contribution in [0.2, 0.25) is 0 Å². The lowest BCUT2D eigenvalue weighted by molar-refractivity contribution is 0.955. The third-order valence-corrected chi connectivity index (χ3v) is 3.10. The van der Waals surface area contributed by atoms with E-state index in [4.69, 9.17) is 5.73 Å². The lowest BCUT2D eigenvalue weighted by Gasteiger charge is -1.85. The molecule has 1 aliphatic carbocycles. The Morgan fingerprint density at radius 3 is 2.90 bits per heavy atom. The zero-order valence-corrected chi connectivity index (χ0v) is 7.65. The van der Waals surface area contributed by atoms with E-state index in [2.05, 4.69) is 26.3 Å². The summed E-state index contributed by atoms with van der Waals surface area (Å²) in [7, 11) is 0. The van der Waals surface area contributed by atoms with Crippen molar-refractivity contribution in [2.75, 3.05) is 0 Å². The van der Waals surface area contributed by atoms with E-state index in [1.807, 2.05) is 0 Å². The van der Waals surface area contributed by atoms with Crippen molar-refractivity contribution in [2.45, 2.75) is 18.4 Å². The molecule has 54 valence electrons. The molecule has 0 saturated heterocycles. The van der Waals surface area contributed by atoms with Gasteiger partial charge in [-0.15, -0.1) is 11.3 Å². The van der Waals surface area contributed by atoms with Crippen LogP contribution in [0.4, 0.5) is 0 Å². The van der Waals surface area contributed by atoms with Gasteiger partial charge in [-0.2, -0.15) is 0 Å². The summed E-state index contributed by atoms with van der Waals surface area (Å²) in [6.07, 6.45) is 1.11. The minimum Gasteiger partial charge on any atom is -0.327 e. The average molecular weight is 219 g/mol. The van der Waals surface area contributed by atoms with Crippen LogP contribution in [0.5, 0.6) is 0 Å². The van der Waals surface area contributed by atoms with Crippen LogP contribution in [0.1, 0.15) is 18.0 Å². The van der Waals surface area contributed by atoms with Crippen molar-refractivity contribution in [2.24, 2.45) is 5.73 Å². The molecule has 2 rings (SSSR count). The standard InChI is InChI=1S/C6H7BrN2S/c7-6-9-5(2-10-6)3-1-4(3)8/h2-4H,1,8H2. The predicted molar refractivity (Wildman–Crippen MR) is 45.1 cm³/mol. The molecule has 1 heterocycles. The largest absolute Gasteiger partial charge is 0.327 e. The van der Waals surface area contributed by atoms with Gasteiger partial charge in [-0.05, 0) is 22.4 Å². The predicted octanol–water partition coefficient (Wildman–Crippen LogP) is 1.72. The van der Waals surface area contributed by atoms with Crippen molar-refractivity contribution in [3.63, 3.8) is 0 Å². The Kier molecular flexibility index (Phi) is 1.55. The quantitative estimate of drug-likeness (QED) is 0.780. The summed E-state index contributed by atoms with van der Waals surface area (Å²) in [5.41, 5.74) is 6.81. The molecule has 0 radical (unpaired) electrons. The van der Waals surface area contributed by atoms with Gasteiger partial charge in [0.2, 0.25) is 0 Å². The van der Waals surface area contributed by atoms with E-state index in [1.54, 1.807) is 11.3 Å². The first-order chi connectivity index (χ1) is 4.77. The van der Waals surface area contributed by atoms with E-state index < -0.39 is 0 Å². The molecular weight excluding hydrogens is 212 g/mol. The van der Waals surface area contributed by atoms with Gasteiger partial charge in [-0.3, -0.25) is 0 Å². The average Bonchev–Trinajstić information content (AvgIpc) is 2.42. The first kappa shape index (κ1) is 6.76. The fourth-order valence-electron chi connectivity index (χ4n) is 0.988. The second-order valence-electron chi connectivity index (χ2n) is 2.53. The van der Waals surface area contributed by atoms with E-state index in [9.17, 15) is 0 Å². The molecule has 2 N–H and O–H groups in total. The molecule has 2 atom stereocenters. The number of rotatable bonds is 1. The van der Waals surface area contributed by atoms with E-state index in [-0.39, 0.29) is 0 Å². The molecule has 0 amide bonds. The van der Waals surface area contributed by atoms with Gasteiger partial charge in [0.1, 0.15) is 0 Å². The van der Waals surface area contributed by atoms with Gasteiger partial charge in [0, 0.05) is 17.3 Å². The fourth-order valence-corrected chi connectivity index (χ4v) is 2.08. The molecule has 1 fully saturated rings. The molecule has 0 bridgehead atoms. The third kappa shape index (κ3) is 1.11. The number of halogens is 1. The normalized spacial score (nSPS) is 30.6. The van der Waals surface area contributed by atoms with Gasteiger partial charge in [-0.1, -0.05) is 0 Å². The SMILES string of the molecule is NC1CC1c1csc(Br)n1. The van der Waals surface area contributed by atoms with Gasteiger partial charge in [-0.25, -0.2) is 4.98 Å². The number of hydrogen-bond donors (Lipinski definition) is 1. The van der Waals surface area contributed by atoms with Crippen LogP contribution in [-0.2, 0) is 0 Å². The maximum absolute atomic E-state index is 5.66. The molecule has 10 heavy (non-hydrogen) atoms. The molecular formula is C6H7BrN2S. The van der Waals surface area contributed by atoms with Crippen molar-refractivity contribution in [1.82, 2.24) is 4.98 Å². The second-order valence-corrected chi connectivity index (χ2v) is 4.67. The van der Waals surface area contributed by atoms with Crippen LogP contribution in [0.3, 0.4) is 0 Å². The van der Waals surface area contributed by atoms with E-state index in [0.29, 0.717) is 12.0 Å². The molecule has 0 aliphatic heterocycles. The Balaban J connectivity index is 2.20. The van der Waals surface area contributed by atoms with Crippen molar-refractivity contribution < 1.29 is 0 Å². The van der Waals surface area contributed by atoms with Crippen molar-refractivity contribution in [1.29, 1.82) is 0 Å². The molecule has 1 aromatic heterocycles. The first-order valence-corrected chi connectivity index (χ1v) is 4.81. The fraction of sp³-hybridized carbons (Fsp3) is 0.500. The second kappa shape index (κ2) is 2.29. The van der Waals surface area contributed by atoms with Gasteiger partial charge in [0.25, 0.3) is 0 Å². The van der Waals surface area contributed by atoms with Gasteiger partial charge >= 0.3 is 0 Å². The zero-order valence-electron chi connectivity index (χ0n) is 5.25. The summed E-state index contributed by atoms with van der Waals surface area (Å²) in [5.74, 6) is 0.544. The van der Waals surface area contributed by atoms with Crippen molar-refractivity contribution in [3.8, 4) is 0 Å². The molecule has 0 aromatic carbocycles. The molecule has 1 aromatic rings. The molecule has 1 saturated carbocycles. The Morgan fingerprint density at radius 2 is 2.50 bits per heavy atom. The number of hydrogen-bond acceptors (Lipinski definition) is 3. The minimum absolute atomic E-state index is 0.369. The van der Waals surface area contributed by atoms with Gasteiger partial charge in [0.05, 0.1) is 5.69 Å². The minimum atomic E-state index is 0.369. The summed E-state index contributed by atoms with van der Waals surface area (Å²) >= 11 is 4.94. The Bertz CT molecular complexity index is 248. The lowest BCUT2D eigenvalue weighted by Crippen LogP contribution is -2.00. The highest BCUT2D eigenvalue weighted by Gasteiger charge is 2.36. The maximum atomic E-state index is 5.66. The Hall–Kier alpha value is 0.0700. The number of nitrogens with two attached hydrogens (primary N) is 1. The number of aromatic nitrogens is 1. The summed E-state index contributed by atoms with van der Waals surface area (Å²) in [4.78, 5) is 4.28. The third-order valence-electron chi connectivity index (χ3n) is 1.71. The number of thiazole rings is 1. The monoisotopic (exact) mass is 218 g/mol. The van der Waals surface area contributed by atoms with E-state index >= 15 is 0 Å². The lowest BCUT2D eigenvalue weighted by atomic mass is 10.3. The molecule has 2 nitrogen and oxygen atoms in total. The van der Waals surface area contributed by atoms with Crippen molar-refractivity contribution in [3.05, 3.63) is 15.0 Å². The maximum Gasteiger partial charge on any atom is 0.159 e. The summed E-state index contributed by atoms with van der Waals surface area (Å²) in [5, 5.41) is 2.07. The van der Waals surface area contributed by atoms with Crippen molar-refractivity contribution >= 4 is 27.3 Å². The topological polar surface area (TPSA) is 38.9 Å². The zero-order chi connectivity index (χ0) is 7.14. The first-order valence-electron chi connectivity index (χ1n) is 3.14.